The highest BCUT2D eigenvalue weighted by Gasteiger charge is 2.16. The molecular formula is C12H15NO5. The first-order valence-electron chi connectivity index (χ1n) is 5.25. The van der Waals surface area contributed by atoms with Crippen LogP contribution in [0.2, 0.25) is 0 Å². The van der Waals surface area contributed by atoms with Crippen molar-refractivity contribution >= 4 is 11.9 Å². The topological polar surface area (TPSA) is 84.9 Å². The highest BCUT2D eigenvalue weighted by molar-refractivity contribution is 5.97. The van der Waals surface area contributed by atoms with E-state index < -0.39 is 17.9 Å². The van der Waals surface area contributed by atoms with Gasteiger partial charge in [0.15, 0.2) is 11.5 Å². The Balaban J connectivity index is 2.90. The average molecular weight is 253 g/mol. The number of benzene rings is 1. The molecule has 1 aromatic carbocycles. The SMILES string of the molecule is COc1ccc(C(=O)NC(C)C(=O)O)cc1OC. The third-order valence-electron chi connectivity index (χ3n) is 2.36. The fourth-order valence-electron chi connectivity index (χ4n) is 1.32. The monoisotopic (exact) mass is 253 g/mol. The Bertz CT molecular complexity index is 458. The van der Waals surface area contributed by atoms with Gasteiger partial charge in [0.25, 0.3) is 5.91 Å². The summed E-state index contributed by atoms with van der Waals surface area (Å²) in [5.41, 5.74) is 0.306. The van der Waals surface area contributed by atoms with Crippen LogP contribution in [0.25, 0.3) is 0 Å². The summed E-state index contributed by atoms with van der Waals surface area (Å²) in [6.07, 6.45) is 0. The number of methoxy groups -OCH3 is 2. The van der Waals surface area contributed by atoms with Crippen LogP contribution >= 0.6 is 0 Å². The predicted octanol–water partition coefficient (Wildman–Crippen LogP) is 0.907. The van der Waals surface area contributed by atoms with Crippen molar-refractivity contribution in [3.8, 4) is 11.5 Å². The smallest absolute Gasteiger partial charge is 0.325 e. The van der Waals surface area contributed by atoms with Crippen LogP contribution in [0.5, 0.6) is 11.5 Å². The lowest BCUT2D eigenvalue weighted by Crippen LogP contribution is -2.38. The zero-order chi connectivity index (χ0) is 13.7. The van der Waals surface area contributed by atoms with Gasteiger partial charge in [-0.15, -0.1) is 0 Å². The molecule has 1 atom stereocenters. The molecule has 1 amide bonds. The van der Waals surface area contributed by atoms with Crippen molar-refractivity contribution in [1.29, 1.82) is 0 Å². The fraction of sp³-hybridized carbons (Fsp3) is 0.333. The van der Waals surface area contributed by atoms with E-state index in [1.807, 2.05) is 0 Å². The lowest BCUT2D eigenvalue weighted by Gasteiger charge is -2.11. The van der Waals surface area contributed by atoms with E-state index in [4.69, 9.17) is 14.6 Å². The number of amides is 1. The molecule has 0 fully saturated rings. The minimum Gasteiger partial charge on any atom is -0.493 e. The van der Waals surface area contributed by atoms with E-state index in [0.29, 0.717) is 17.1 Å². The molecular weight excluding hydrogens is 238 g/mol. The van der Waals surface area contributed by atoms with Crippen molar-refractivity contribution in [2.24, 2.45) is 0 Å². The zero-order valence-corrected chi connectivity index (χ0v) is 10.4. The highest BCUT2D eigenvalue weighted by Crippen LogP contribution is 2.27. The zero-order valence-electron chi connectivity index (χ0n) is 10.4. The third-order valence-corrected chi connectivity index (χ3v) is 2.36. The summed E-state index contributed by atoms with van der Waals surface area (Å²) in [6.45, 7) is 1.39. The lowest BCUT2D eigenvalue weighted by atomic mass is 10.1. The molecule has 1 rings (SSSR count). The summed E-state index contributed by atoms with van der Waals surface area (Å²) >= 11 is 0. The van der Waals surface area contributed by atoms with Gasteiger partial charge in [-0.2, -0.15) is 0 Å². The van der Waals surface area contributed by atoms with Crippen molar-refractivity contribution in [3.63, 3.8) is 0 Å². The Kier molecular flexibility index (Phi) is 4.53. The maximum Gasteiger partial charge on any atom is 0.325 e. The second kappa shape index (κ2) is 5.90. The number of carbonyl (C=O) groups is 2. The van der Waals surface area contributed by atoms with Crippen LogP contribution in [-0.4, -0.2) is 37.2 Å². The summed E-state index contributed by atoms with van der Waals surface area (Å²) in [5, 5.41) is 11.1. The molecule has 0 aromatic heterocycles. The van der Waals surface area contributed by atoms with Gasteiger partial charge in [-0.3, -0.25) is 9.59 Å². The molecule has 98 valence electrons. The van der Waals surface area contributed by atoms with Crippen molar-refractivity contribution in [2.75, 3.05) is 14.2 Å². The summed E-state index contributed by atoms with van der Waals surface area (Å²) < 4.78 is 10.1. The normalized spacial score (nSPS) is 11.5. The largest absolute Gasteiger partial charge is 0.493 e. The summed E-state index contributed by atoms with van der Waals surface area (Å²) in [6, 6.07) is 3.65. The van der Waals surface area contributed by atoms with Crippen molar-refractivity contribution in [3.05, 3.63) is 23.8 Å². The van der Waals surface area contributed by atoms with Crippen molar-refractivity contribution in [2.45, 2.75) is 13.0 Å². The van der Waals surface area contributed by atoms with E-state index in [1.54, 1.807) is 6.07 Å². The Morgan fingerprint density at radius 2 is 1.83 bits per heavy atom. The first-order chi connectivity index (χ1) is 8.49. The summed E-state index contributed by atoms with van der Waals surface area (Å²) in [4.78, 5) is 22.4. The quantitative estimate of drug-likeness (QED) is 0.814. The fourth-order valence-corrected chi connectivity index (χ4v) is 1.32. The van der Waals surface area contributed by atoms with Gasteiger partial charge >= 0.3 is 5.97 Å². The van der Waals surface area contributed by atoms with Gasteiger partial charge in [0, 0.05) is 5.56 Å². The first-order valence-corrected chi connectivity index (χ1v) is 5.25. The van der Waals surface area contributed by atoms with E-state index in [-0.39, 0.29) is 0 Å². The number of nitrogens with one attached hydrogen (secondary N) is 1. The van der Waals surface area contributed by atoms with E-state index in [0.717, 1.165) is 0 Å². The number of rotatable bonds is 5. The van der Waals surface area contributed by atoms with Crippen molar-refractivity contribution < 1.29 is 24.2 Å². The Morgan fingerprint density at radius 1 is 1.22 bits per heavy atom. The molecule has 6 nitrogen and oxygen atoms in total. The molecule has 18 heavy (non-hydrogen) atoms. The first kappa shape index (κ1) is 13.8. The van der Waals surface area contributed by atoms with Crippen molar-refractivity contribution in [1.82, 2.24) is 5.32 Å². The van der Waals surface area contributed by atoms with Gasteiger partial charge in [0.05, 0.1) is 14.2 Å². The van der Waals surface area contributed by atoms with E-state index in [2.05, 4.69) is 5.32 Å². The molecule has 0 bridgehead atoms. The van der Waals surface area contributed by atoms with Crippen LogP contribution < -0.4 is 14.8 Å². The molecule has 2 N–H and O–H groups in total. The molecule has 0 spiro atoms. The summed E-state index contributed by atoms with van der Waals surface area (Å²) in [7, 11) is 2.95. The van der Waals surface area contributed by atoms with Crippen LogP contribution in [0.3, 0.4) is 0 Å². The Labute approximate surface area is 105 Å². The Hall–Kier alpha value is -2.24. The van der Waals surface area contributed by atoms with E-state index in [9.17, 15) is 9.59 Å². The van der Waals surface area contributed by atoms with Crippen LogP contribution in [0, 0.1) is 0 Å². The van der Waals surface area contributed by atoms with Crippen LogP contribution in [-0.2, 0) is 4.79 Å². The second-order valence-electron chi connectivity index (χ2n) is 3.60. The average Bonchev–Trinajstić information content (AvgIpc) is 2.37. The maximum absolute atomic E-state index is 11.8. The number of carboxylic acid groups (broad SMARTS) is 1. The molecule has 0 aliphatic carbocycles. The third kappa shape index (κ3) is 3.13. The Morgan fingerprint density at radius 3 is 2.33 bits per heavy atom. The van der Waals surface area contributed by atoms with Gasteiger partial charge in [0.2, 0.25) is 0 Å². The molecule has 0 saturated carbocycles. The van der Waals surface area contributed by atoms with Crippen LogP contribution in [0.4, 0.5) is 0 Å². The van der Waals surface area contributed by atoms with Gasteiger partial charge in [0.1, 0.15) is 6.04 Å². The molecule has 0 aliphatic heterocycles. The van der Waals surface area contributed by atoms with E-state index in [1.165, 1.54) is 33.3 Å². The number of carboxylic acids is 1. The molecule has 0 heterocycles. The maximum atomic E-state index is 11.8. The molecule has 0 radical (unpaired) electrons. The number of aliphatic carboxylic acids is 1. The molecule has 1 aromatic rings. The van der Waals surface area contributed by atoms with Crippen LogP contribution in [0.15, 0.2) is 18.2 Å². The second-order valence-corrected chi connectivity index (χ2v) is 3.60. The lowest BCUT2D eigenvalue weighted by molar-refractivity contribution is -0.138. The standard InChI is InChI=1S/C12H15NO5/c1-7(12(15)16)13-11(14)8-4-5-9(17-2)10(6-8)18-3/h4-7H,1-3H3,(H,13,14)(H,15,16). The van der Waals surface area contributed by atoms with Gasteiger partial charge in [-0.25, -0.2) is 0 Å². The minimum atomic E-state index is -1.09. The predicted molar refractivity (Wildman–Crippen MR) is 64.1 cm³/mol. The number of ether oxygens (including phenoxy) is 2. The molecule has 1 unspecified atom stereocenters. The minimum absolute atomic E-state index is 0.306. The highest BCUT2D eigenvalue weighted by atomic mass is 16.5. The number of hydrogen-bond donors (Lipinski definition) is 2. The summed E-state index contributed by atoms with van der Waals surface area (Å²) in [5.74, 6) is -0.664. The van der Waals surface area contributed by atoms with E-state index >= 15 is 0 Å². The molecule has 0 aliphatic rings. The van der Waals surface area contributed by atoms with Gasteiger partial charge < -0.3 is 19.9 Å². The van der Waals surface area contributed by atoms with Crippen LogP contribution in [0.1, 0.15) is 17.3 Å². The number of hydrogen-bond acceptors (Lipinski definition) is 4. The van der Waals surface area contributed by atoms with Gasteiger partial charge in [-0.05, 0) is 25.1 Å². The molecule has 0 saturated heterocycles. The number of carbonyl (C=O) groups excluding carboxylic acids is 1. The van der Waals surface area contributed by atoms with Gasteiger partial charge in [-0.1, -0.05) is 0 Å². The molecule has 6 heteroatoms.